The normalized spacial score (nSPS) is 14.3. The van der Waals surface area contributed by atoms with Crippen molar-refractivity contribution in [3.05, 3.63) is 83.9 Å². The Kier molecular flexibility index (Phi) is 6.08. The molecule has 3 aromatic rings. The topological polar surface area (TPSA) is 125 Å². The van der Waals surface area contributed by atoms with Gasteiger partial charge in [0.25, 0.3) is 5.91 Å². The van der Waals surface area contributed by atoms with E-state index in [9.17, 15) is 19.2 Å². The van der Waals surface area contributed by atoms with Crippen molar-refractivity contribution in [1.29, 1.82) is 0 Å². The molecule has 4 rings (SSSR count). The van der Waals surface area contributed by atoms with Gasteiger partial charge in [0.2, 0.25) is 5.91 Å². The van der Waals surface area contributed by atoms with Gasteiger partial charge in [-0.05, 0) is 41.5 Å². The summed E-state index contributed by atoms with van der Waals surface area (Å²) in [7, 11) is 0. The number of nitrogens with zero attached hydrogens (tertiary/aromatic N) is 1. The van der Waals surface area contributed by atoms with Gasteiger partial charge in [-0.3, -0.25) is 24.2 Å². The van der Waals surface area contributed by atoms with E-state index in [1.165, 1.54) is 12.1 Å². The predicted molar refractivity (Wildman–Crippen MR) is 123 cm³/mol. The number of carboxylic acids is 1. The standard InChI is InChI=1S/C25H19N3O5/c29-22(28-18-10-11-21-19(12-18)23(30)20(13-26-21)25(32)33)14-27-24(31)17-8-6-16(7-9-17)15-4-2-1-3-5-15/h1-13,20H,14H2,(H,27,31)(H,28,29)(H,32,33). The highest BCUT2D eigenvalue weighted by atomic mass is 16.4. The molecule has 8 nitrogen and oxygen atoms in total. The molecule has 1 atom stereocenters. The second kappa shape index (κ2) is 9.27. The summed E-state index contributed by atoms with van der Waals surface area (Å²) in [5.41, 5.74) is 3.18. The van der Waals surface area contributed by atoms with Crippen LogP contribution in [0.2, 0.25) is 0 Å². The van der Waals surface area contributed by atoms with E-state index in [1.54, 1.807) is 18.2 Å². The molecule has 1 aliphatic rings. The summed E-state index contributed by atoms with van der Waals surface area (Å²) in [6, 6.07) is 21.2. The van der Waals surface area contributed by atoms with Gasteiger partial charge in [0, 0.05) is 23.0 Å². The average molecular weight is 441 g/mol. The van der Waals surface area contributed by atoms with Gasteiger partial charge in [0.1, 0.15) is 0 Å². The number of nitrogens with one attached hydrogen (secondary N) is 2. The van der Waals surface area contributed by atoms with Crippen LogP contribution in [0, 0.1) is 5.92 Å². The van der Waals surface area contributed by atoms with E-state index in [-0.39, 0.29) is 12.1 Å². The molecule has 0 radical (unpaired) electrons. The van der Waals surface area contributed by atoms with E-state index in [2.05, 4.69) is 15.6 Å². The summed E-state index contributed by atoms with van der Waals surface area (Å²) < 4.78 is 0. The van der Waals surface area contributed by atoms with Crippen LogP contribution in [0.1, 0.15) is 20.7 Å². The van der Waals surface area contributed by atoms with Gasteiger partial charge in [0.05, 0.1) is 12.2 Å². The zero-order chi connectivity index (χ0) is 23.4. The van der Waals surface area contributed by atoms with E-state index in [4.69, 9.17) is 5.11 Å². The summed E-state index contributed by atoms with van der Waals surface area (Å²) in [5.74, 6) is -4.13. The zero-order valence-corrected chi connectivity index (χ0v) is 17.3. The summed E-state index contributed by atoms with van der Waals surface area (Å²) in [6.07, 6.45) is 1.09. The smallest absolute Gasteiger partial charge is 0.319 e. The van der Waals surface area contributed by atoms with Crippen LogP contribution in [-0.4, -0.2) is 41.4 Å². The number of Topliss-reactive ketones (excluding diaryl/α,β-unsaturated/α-hetero) is 1. The highest BCUT2D eigenvalue weighted by Gasteiger charge is 2.30. The fraction of sp³-hybridized carbons (Fsp3) is 0.0800. The lowest BCUT2D eigenvalue weighted by Crippen LogP contribution is -2.33. The van der Waals surface area contributed by atoms with E-state index in [0.717, 1.165) is 17.3 Å². The molecule has 0 saturated heterocycles. The van der Waals surface area contributed by atoms with E-state index < -0.39 is 29.5 Å². The Bertz CT molecular complexity index is 1270. The number of amides is 2. The number of benzene rings is 3. The maximum absolute atomic E-state index is 12.4. The zero-order valence-electron chi connectivity index (χ0n) is 17.3. The van der Waals surface area contributed by atoms with Crippen molar-refractivity contribution in [2.24, 2.45) is 10.9 Å². The minimum absolute atomic E-state index is 0.116. The third-order valence-corrected chi connectivity index (χ3v) is 5.12. The first-order valence-electron chi connectivity index (χ1n) is 10.1. The van der Waals surface area contributed by atoms with Crippen molar-refractivity contribution in [1.82, 2.24) is 5.32 Å². The fourth-order valence-electron chi connectivity index (χ4n) is 3.40. The number of rotatable bonds is 6. The number of aliphatic imine (C=N–C) groups is 1. The molecule has 0 aliphatic carbocycles. The Morgan fingerprint density at radius 2 is 1.61 bits per heavy atom. The van der Waals surface area contributed by atoms with Crippen LogP contribution in [-0.2, 0) is 9.59 Å². The van der Waals surface area contributed by atoms with Crippen molar-refractivity contribution >= 4 is 41.2 Å². The number of hydrogen-bond donors (Lipinski definition) is 3. The Morgan fingerprint density at radius 1 is 0.909 bits per heavy atom. The van der Waals surface area contributed by atoms with Crippen LogP contribution in [0.15, 0.2) is 77.8 Å². The number of carbonyl (C=O) groups is 4. The van der Waals surface area contributed by atoms with Crippen molar-refractivity contribution in [2.75, 3.05) is 11.9 Å². The van der Waals surface area contributed by atoms with Gasteiger partial charge >= 0.3 is 5.97 Å². The van der Waals surface area contributed by atoms with Gasteiger partial charge in [-0.2, -0.15) is 0 Å². The molecule has 1 heterocycles. The first kappa shape index (κ1) is 21.6. The molecule has 3 aromatic carbocycles. The first-order chi connectivity index (χ1) is 15.9. The molecule has 2 amide bonds. The summed E-state index contributed by atoms with van der Waals surface area (Å²) >= 11 is 0. The number of carboxylic acid groups (broad SMARTS) is 1. The lowest BCUT2D eigenvalue weighted by molar-refractivity contribution is -0.137. The second-order valence-corrected chi connectivity index (χ2v) is 7.36. The van der Waals surface area contributed by atoms with Crippen LogP contribution < -0.4 is 10.6 Å². The predicted octanol–water partition coefficient (Wildman–Crippen LogP) is 3.32. The molecular weight excluding hydrogens is 422 g/mol. The van der Waals surface area contributed by atoms with E-state index in [0.29, 0.717) is 16.9 Å². The molecule has 0 aromatic heterocycles. The van der Waals surface area contributed by atoms with Crippen molar-refractivity contribution in [3.8, 4) is 11.1 Å². The van der Waals surface area contributed by atoms with Crippen LogP contribution in [0.5, 0.6) is 0 Å². The number of fused-ring (bicyclic) bond motifs is 1. The van der Waals surface area contributed by atoms with Crippen molar-refractivity contribution in [2.45, 2.75) is 0 Å². The first-order valence-corrected chi connectivity index (χ1v) is 10.1. The molecule has 1 aliphatic heterocycles. The molecule has 164 valence electrons. The number of ketones is 1. The quantitative estimate of drug-likeness (QED) is 0.506. The number of anilines is 1. The minimum Gasteiger partial charge on any atom is -0.480 e. The molecule has 0 fully saturated rings. The Hall–Kier alpha value is -4.59. The lowest BCUT2D eigenvalue weighted by atomic mass is 9.94. The van der Waals surface area contributed by atoms with Gasteiger partial charge in [-0.1, -0.05) is 42.5 Å². The molecular formula is C25H19N3O5. The largest absolute Gasteiger partial charge is 0.480 e. The number of hydrogen-bond acceptors (Lipinski definition) is 5. The highest BCUT2D eigenvalue weighted by molar-refractivity contribution is 6.22. The Morgan fingerprint density at radius 3 is 2.30 bits per heavy atom. The van der Waals surface area contributed by atoms with Gasteiger partial charge in [-0.25, -0.2) is 0 Å². The van der Waals surface area contributed by atoms with Crippen molar-refractivity contribution < 1.29 is 24.3 Å². The highest BCUT2D eigenvalue weighted by Crippen LogP contribution is 2.29. The van der Waals surface area contributed by atoms with Crippen LogP contribution in [0.3, 0.4) is 0 Å². The molecule has 0 saturated carbocycles. The molecule has 1 unspecified atom stereocenters. The van der Waals surface area contributed by atoms with Gasteiger partial charge in [-0.15, -0.1) is 0 Å². The maximum Gasteiger partial charge on any atom is 0.319 e. The Labute approximate surface area is 189 Å². The monoisotopic (exact) mass is 441 g/mol. The molecule has 8 heteroatoms. The molecule has 33 heavy (non-hydrogen) atoms. The number of aliphatic carboxylic acids is 1. The van der Waals surface area contributed by atoms with Crippen LogP contribution in [0.25, 0.3) is 11.1 Å². The minimum atomic E-state index is -1.35. The van der Waals surface area contributed by atoms with Gasteiger partial charge < -0.3 is 15.7 Å². The summed E-state index contributed by atoms with van der Waals surface area (Å²) in [6.45, 7) is -0.278. The molecule has 0 bridgehead atoms. The molecule has 3 N–H and O–H groups in total. The summed E-state index contributed by atoms with van der Waals surface area (Å²) in [4.78, 5) is 52.2. The van der Waals surface area contributed by atoms with E-state index >= 15 is 0 Å². The second-order valence-electron chi connectivity index (χ2n) is 7.36. The van der Waals surface area contributed by atoms with Gasteiger partial charge in [0.15, 0.2) is 11.7 Å². The van der Waals surface area contributed by atoms with E-state index in [1.807, 2.05) is 42.5 Å². The van der Waals surface area contributed by atoms with Crippen LogP contribution in [0.4, 0.5) is 11.4 Å². The third-order valence-electron chi connectivity index (χ3n) is 5.12. The third kappa shape index (κ3) is 4.85. The van der Waals surface area contributed by atoms with Crippen LogP contribution >= 0.6 is 0 Å². The number of carbonyl (C=O) groups excluding carboxylic acids is 3. The lowest BCUT2D eigenvalue weighted by Gasteiger charge is -2.15. The maximum atomic E-state index is 12.4. The summed E-state index contributed by atoms with van der Waals surface area (Å²) in [5, 5.41) is 14.3. The SMILES string of the molecule is O=C(CNC(=O)c1ccc(-c2ccccc2)cc1)Nc1ccc2c(c1)C(=O)C(C(=O)O)C=N2. The average Bonchev–Trinajstić information content (AvgIpc) is 2.83. The fourth-order valence-corrected chi connectivity index (χ4v) is 3.40. The molecule has 0 spiro atoms. The Balaban J connectivity index is 1.35. The van der Waals surface area contributed by atoms with Crippen molar-refractivity contribution in [3.63, 3.8) is 0 Å².